The molecule has 0 heterocycles. The normalized spacial score (nSPS) is 16.6. The van der Waals surface area contributed by atoms with E-state index in [1.165, 1.54) is 19.3 Å². The molecule has 0 aromatic carbocycles. The zero-order chi connectivity index (χ0) is 12.6. The largest absolute Gasteiger partial charge is 0.389 e. The maximum atomic E-state index is 10.4. The molecule has 1 N–H and O–H groups in total. The van der Waals surface area contributed by atoms with E-state index in [9.17, 15) is 5.11 Å². The molecule has 16 heavy (non-hydrogen) atoms. The molecule has 0 fully saturated rings. The number of likely N-dealkylation sites (N-methyl/N-ethyl adjacent to an activating group) is 1. The third kappa shape index (κ3) is 5.53. The highest BCUT2D eigenvalue weighted by atomic mass is 16.3. The van der Waals surface area contributed by atoms with Crippen molar-refractivity contribution < 1.29 is 5.11 Å². The van der Waals surface area contributed by atoms with E-state index in [0.29, 0.717) is 7.28 Å². The van der Waals surface area contributed by atoms with Crippen molar-refractivity contribution in [2.45, 2.75) is 57.5 Å². The molecule has 0 aromatic heterocycles. The summed E-state index contributed by atoms with van der Waals surface area (Å²) in [4.78, 5) is 1.95. The molecular formula is C12H25BN2O. The standard InChI is InChI=1S/C12H25BN2O/c1-5-6-7-8-9-12(2,16)11(13-10-14)15(3)4/h11,13,16H,5-9H2,1-4H3. The van der Waals surface area contributed by atoms with Crippen LogP contribution in [0.1, 0.15) is 46.0 Å². The molecule has 0 aromatic rings. The van der Waals surface area contributed by atoms with Crippen molar-refractivity contribution in [2.24, 2.45) is 0 Å². The Balaban J connectivity index is 4.20. The van der Waals surface area contributed by atoms with E-state index in [1.54, 1.807) is 0 Å². The van der Waals surface area contributed by atoms with Crippen LogP contribution >= 0.6 is 0 Å². The summed E-state index contributed by atoms with van der Waals surface area (Å²) in [6.07, 6.45) is 5.41. The molecule has 0 aliphatic rings. The van der Waals surface area contributed by atoms with Crippen molar-refractivity contribution in [1.82, 2.24) is 4.90 Å². The summed E-state index contributed by atoms with van der Waals surface area (Å²) in [5.74, 6) is 2.08. The van der Waals surface area contributed by atoms with Gasteiger partial charge < -0.3 is 10.0 Å². The first kappa shape index (κ1) is 15.5. The molecule has 0 aliphatic heterocycles. The molecule has 2 unspecified atom stereocenters. The molecule has 0 bridgehead atoms. The van der Waals surface area contributed by atoms with E-state index >= 15 is 0 Å². The van der Waals surface area contributed by atoms with E-state index in [0.717, 1.165) is 12.8 Å². The van der Waals surface area contributed by atoms with Gasteiger partial charge in [0, 0.05) is 5.94 Å². The molecule has 0 amide bonds. The first-order valence-electron chi connectivity index (χ1n) is 6.21. The van der Waals surface area contributed by atoms with E-state index in [2.05, 4.69) is 12.9 Å². The number of aliphatic hydroxyl groups is 1. The summed E-state index contributed by atoms with van der Waals surface area (Å²) in [6, 6.07) is 0. The number of unbranched alkanes of at least 4 members (excludes halogenated alkanes) is 3. The topological polar surface area (TPSA) is 47.3 Å². The summed E-state index contributed by atoms with van der Waals surface area (Å²) in [5, 5.41) is 19.2. The highest BCUT2D eigenvalue weighted by molar-refractivity contribution is 6.47. The molecule has 2 atom stereocenters. The van der Waals surface area contributed by atoms with Gasteiger partial charge in [-0.05, 0) is 33.4 Å². The number of nitrogens with zero attached hydrogens (tertiary/aromatic N) is 2. The maximum Gasteiger partial charge on any atom is 0.271 e. The van der Waals surface area contributed by atoms with Crippen LogP contribution in [-0.4, -0.2) is 42.9 Å². The third-order valence-electron chi connectivity index (χ3n) is 3.16. The number of hydrogen-bond acceptors (Lipinski definition) is 3. The lowest BCUT2D eigenvalue weighted by Gasteiger charge is -2.36. The summed E-state index contributed by atoms with van der Waals surface area (Å²) in [6.45, 7) is 4.03. The Hall–Kier alpha value is -0.525. The van der Waals surface area contributed by atoms with Crippen LogP contribution in [0, 0.1) is 11.2 Å². The Labute approximate surface area is 101 Å². The molecular weight excluding hydrogens is 199 g/mol. The van der Waals surface area contributed by atoms with Crippen LogP contribution in [0.5, 0.6) is 0 Å². The van der Waals surface area contributed by atoms with Gasteiger partial charge in [-0.15, -0.1) is 0 Å². The van der Waals surface area contributed by atoms with Crippen molar-refractivity contribution in [1.29, 1.82) is 5.26 Å². The van der Waals surface area contributed by atoms with Crippen LogP contribution in [0.2, 0.25) is 0 Å². The van der Waals surface area contributed by atoms with Crippen molar-refractivity contribution in [2.75, 3.05) is 14.1 Å². The fourth-order valence-corrected chi connectivity index (χ4v) is 2.12. The molecule has 0 aliphatic carbocycles. The van der Waals surface area contributed by atoms with Gasteiger partial charge in [0.15, 0.2) is 0 Å². The number of nitriles is 1. The van der Waals surface area contributed by atoms with Crippen molar-refractivity contribution >= 4 is 7.28 Å². The predicted molar refractivity (Wildman–Crippen MR) is 69.6 cm³/mol. The van der Waals surface area contributed by atoms with Crippen molar-refractivity contribution in [3.8, 4) is 5.97 Å². The predicted octanol–water partition coefficient (Wildman–Crippen LogP) is 1.51. The molecule has 0 radical (unpaired) electrons. The zero-order valence-corrected chi connectivity index (χ0v) is 11.2. The van der Waals surface area contributed by atoms with E-state index in [-0.39, 0.29) is 5.94 Å². The van der Waals surface area contributed by atoms with Crippen LogP contribution in [0.4, 0.5) is 0 Å². The highest BCUT2D eigenvalue weighted by Crippen LogP contribution is 2.21. The Morgan fingerprint density at radius 2 is 2.00 bits per heavy atom. The summed E-state index contributed by atoms with van der Waals surface area (Å²) >= 11 is 0. The van der Waals surface area contributed by atoms with E-state index in [1.807, 2.05) is 25.9 Å². The number of rotatable bonds is 8. The smallest absolute Gasteiger partial charge is 0.271 e. The monoisotopic (exact) mass is 224 g/mol. The molecule has 0 saturated carbocycles. The average Bonchev–Trinajstić information content (AvgIpc) is 2.20. The third-order valence-corrected chi connectivity index (χ3v) is 3.16. The lowest BCUT2D eigenvalue weighted by Crippen LogP contribution is -2.51. The van der Waals surface area contributed by atoms with Gasteiger partial charge in [-0.2, -0.15) is 0 Å². The summed E-state index contributed by atoms with van der Waals surface area (Å²) in [5.41, 5.74) is -0.757. The summed E-state index contributed by atoms with van der Waals surface area (Å²) in [7, 11) is 4.22. The first-order chi connectivity index (χ1) is 7.45. The number of hydrogen-bond donors (Lipinski definition) is 1. The second-order valence-electron chi connectivity index (χ2n) is 5.01. The fourth-order valence-electron chi connectivity index (χ4n) is 2.12. The minimum atomic E-state index is -0.757. The SMILES string of the molecule is CCCCCCC(C)(O)C(BC#N)N(C)C. The Morgan fingerprint density at radius 1 is 1.38 bits per heavy atom. The molecule has 0 saturated heterocycles. The second-order valence-corrected chi connectivity index (χ2v) is 5.01. The molecule has 0 rings (SSSR count). The maximum absolute atomic E-state index is 10.4. The van der Waals surface area contributed by atoms with Crippen LogP contribution in [-0.2, 0) is 0 Å². The van der Waals surface area contributed by atoms with Crippen LogP contribution < -0.4 is 0 Å². The van der Waals surface area contributed by atoms with Gasteiger partial charge in [-0.1, -0.05) is 32.6 Å². The van der Waals surface area contributed by atoms with Crippen molar-refractivity contribution in [3.63, 3.8) is 0 Å². The minimum Gasteiger partial charge on any atom is -0.389 e. The zero-order valence-electron chi connectivity index (χ0n) is 11.2. The van der Waals surface area contributed by atoms with E-state index in [4.69, 9.17) is 5.26 Å². The molecule has 4 heteroatoms. The summed E-state index contributed by atoms with van der Waals surface area (Å²) < 4.78 is 0. The van der Waals surface area contributed by atoms with Gasteiger partial charge >= 0.3 is 0 Å². The van der Waals surface area contributed by atoms with Gasteiger partial charge in [0.1, 0.15) is 0 Å². The molecule has 0 spiro atoms. The van der Waals surface area contributed by atoms with Gasteiger partial charge in [0.2, 0.25) is 0 Å². The molecule has 92 valence electrons. The highest BCUT2D eigenvalue weighted by Gasteiger charge is 2.33. The van der Waals surface area contributed by atoms with Crippen molar-refractivity contribution in [3.05, 3.63) is 0 Å². The second kappa shape index (κ2) is 7.70. The quantitative estimate of drug-likeness (QED) is 0.502. The van der Waals surface area contributed by atoms with Crippen LogP contribution in [0.15, 0.2) is 0 Å². The fraction of sp³-hybridized carbons (Fsp3) is 0.917. The lowest BCUT2D eigenvalue weighted by atomic mass is 9.62. The van der Waals surface area contributed by atoms with Gasteiger partial charge in [-0.3, -0.25) is 0 Å². The Bertz CT molecular complexity index is 224. The van der Waals surface area contributed by atoms with Gasteiger partial charge in [-0.25, -0.2) is 5.26 Å². The van der Waals surface area contributed by atoms with E-state index < -0.39 is 5.60 Å². The van der Waals surface area contributed by atoms with Crippen LogP contribution in [0.25, 0.3) is 0 Å². The van der Waals surface area contributed by atoms with Crippen LogP contribution in [0.3, 0.4) is 0 Å². The Kier molecular flexibility index (Phi) is 7.45. The lowest BCUT2D eigenvalue weighted by molar-refractivity contribution is 0.00470. The van der Waals surface area contributed by atoms with Gasteiger partial charge in [0.05, 0.1) is 5.60 Å². The van der Waals surface area contributed by atoms with Gasteiger partial charge in [0.25, 0.3) is 7.28 Å². The molecule has 3 nitrogen and oxygen atoms in total. The average molecular weight is 224 g/mol. The minimum absolute atomic E-state index is 0.0703. The first-order valence-corrected chi connectivity index (χ1v) is 6.21. The Morgan fingerprint density at radius 3 is 2.44 bits per heavy atom.